The molecule has 1 saturated heterocycles. The number of nitrogens with two attached hydrogens (primary N) is 1. The first-order chi connectivity index (χ1) is 10.4. The Labute approximate surface area is 129 Å². The number of piperidine rings is 1. The number of hydrogen-bond donors (Lipinski definition) is 1. The van der Waals surface area contributed by atoms with E-state index in [1.54, 1.807) is 23.9 Å². The molecule has 2 aliphatic rings. The number of ether oxygens (including phenoxy) is 1. The third kappa shape index (κ3) is 2.23. The Morgan fingerprint density at radius 3 is 2.50 bits per heavy atom. The van der Waals surface area contributed by atoms with Crippen LogP contribution in [0, 0.1) is 0 Å². The van der Waals surface area contributed by atoms with Crippen molar-refractivity contribution < 1.29 is 14.3 Å². The molecule has 6 heteroatoms. The van der Waals surface area contributed by atoms with E-state index in [4.69, 9.17) is 10.5 Å². The zero-order chi connectivity index (χ0) is 15.9. The number of primary amides is 1. The topological polar surface area (TPSA) is 75.9 Å². The van der Waals surface area contributed by atoms with Crippen LogP contribution in [0.2, 0.25) is 0 Å². The van der Waals surface area contributed by atoms with E-state index in [2.05, 4.69) is 0 Å². The fourth-order valence-corrected chi connectivity index (χ4v) is 3.39. The minimum atomic E-state index is -0.564. The van der Waals surface area contributed by atoms with E-state index in [-0.39, 0.29) is 5.91 Å². The molecule has 1 aromatic carbocycles. The van der Waals surface area contributed by atoms with Gasteiger partial charge in [-0.05, 0) is 24.0 Å². The molecule has 6 nitrogen and oxygen atoms in total. The van der Waals surface area contributed by atoms with Gasteiger partial charge in [0.25, 0.3) is 5.91 Å². The van der Waals surface area contributed by atoms with Crippen molar-refractivity contribution in [1.29, 1.82) is 0 Å². The van der Waals surface area contributed by atoms with Gasteiger partial charge < -0.3 is 20.3 Å². The molecule has 0 aliphatic carbocycles. The summed E-state index contributed by atoms with van der Waals surface area (Å²) in [5.74, 6) is -0.0540. The van der Waals surface area contributed by atoms with E-state index in [9.17, 15) is 9.59 Å². The highest BCUT2D eigenvalue weighted by Gasteiger charge is 2.49. The van der Waals surface area contributed by atoms with Gasteiger partial charge in [0.1, 0.15) is 0 Å². The number of urea groups is 1. The first kappa shape index (κ1) is 14.8. The van der Waals surface area contributed by atoms with Crippen LogP contribution in [0.25, 0.3) is 0 Å². The lowest BCUT2D eigenvalue weighted by Gasteiger charge is -2.39. The molecule has 0 saturated carbocycles. The average Bonchev–Trinajstić information content (AvgIpc) is 2.82. The molecular formula is C16H21N3O3. The predicted octanol–water partition coefficient (Wildman–Crippen LogP) is 1.22. The van der Waals surface area contributed by atoms with Crippen LogP contribution >= 0.6 is 0 Å². The van der Waals surface area contributed by atoms with Crippen LogP contribution < -0.4 is 5.73 Å². The fraction of sp³-hybridized carbons (Fsp3) is 0.500. The molecule has 2 aliphatic heterocycles. The number of nitrogens with zero attached hydrogens (tertiary/aromatic N) is 2. The maximum Gasteiger partial charge on any atom is 0.314 e. The molecule has 1 unspecified atom stereocenters. The van der Waals surface area contributed by atoms with Gasteiger partial charge in [-0.1, -0.05) is 24.3 Å². The summed E-state index contributed by atoms with van der Waals surface area (Å²) >= 11 is 0. The fourth-order valence-electron chi connectivity index (χ4n) is 3.39. The first-order valence-corrected chi connectivity index (χ1v) is 7.47. The number of likely N-dealkylation sites (N-methyl/N-ethyl adjacent to an activating group) is 1. The van der Waals surface area contributed by atoms with Crippen molar-refractivity contribution in [2.45, 2.75) is 24.5 Å². The maximum absolute atomic E-state index is 12.4. The van der Waals surface area contributed by atoms with Gasteiger partial charge >= 0.3 is 6.03 Å². The number of benzene rings is 1. The second kappa shape index (κ2) is 5.28. The SMILES string of the molecule is CN(C)C(=O)C1OC2(CCN(C(N)=O)CC2)c2ccccc21. The van der Waals surface area contributed by atoms with Crippen molar-refractivity contribution >= 4 is 11.9 Å². The Morgan fingerprint density at radius 1 is 1.27 bits per heavy atom. The highest BCUT2D eigenvalue weighted by Crippen LogP contribution is 2.49. The number of carbonyl (C=O) groups is 2. The van der Waals surface area contributed by atoms with Gasteiger partial charge in [-0.2, -0.15) is 0 Å². The summed E-state index contributed by atoms with van der Waals surface area (Å²) in [5.41, 5.74) is 6.87. The van der Waals surface area contributed by atoms with E-state index in [0.717, 1.165) is 11.1 Å². The molecule has 3 rings (SSSR count). The Bertz CT molecular complexity index is 606. The third-order valence-corrected chi connectivity index (χ3v) is 4.63. The number of likely N-dealkylation sites (tertiary alicyclic amines) is 1. The number of amides is 3. The second-order valence-electron chi connectivity index (χ2n) is 6.14. The minimum absolute atomic E-state index is 0.0540. The molecule has 0 bridgehead atoms. The first-order valence-electron chi connectivity index (χ1n) is 7.47. The van der Waals surface area contributed by atoms with E-state index >= 15 is 0 Å². The summed E-state index contributed by atoms with van der Waals surface area (Å²) in [6.45, 7) is 1.10. The Hall–Kier alpha value is -2.08. The van der Waals surface area contributed by atoms with Crippen LogP contribution in [0.3, 0.4) is 0 Å². The minimum Gasteiger partial charge on any atom is -0.352 e. The molecule has 22 heavy (non-hydrogen) atoms. The van der Waals surface area contributed by atoms with Crippen LogP contribution in [-0.4, -0.2) is 48.9 Å². The van der Waals surface area contributed by atoms with E-state index in [1.165, 1.54) is 0 Å². The van der Waals surface area contributed by atoms with Crippen LogP contribution in [0.5, 0.6) is 0 Å². The zero-order valence-corrected chi connectivity index (χ0v) is 12.9. The number of rotatable bonds is 1. The summed E-state index contributed by atoms with van der Waals surface area (Å²) in [5, 5.41) is 0. The largest absolute Gasteiger partial charge is 0.352 e. The quantitative estimate of drug-likeness (QED) is 0.847. The van der Waals surface area contributed by atoms with Gasteiger partial charge in [0.15, 0.2) is 6.10 Å². The normalized spacial score (nSPS) is 22.5. The van der Waals surface area contributed by atoms with E-state index in [0.29, 0.717) is 25.9 Å². The Morgan fingerprint density at radius 2 is 1.91 bits per heavy atom. The van der Waals surface area contributed by atoms with Crippen molar-refractivity contribution in [2.75, 3.05) is 27.2 Å². The van der Waals surface area contributed by atoms with Gasteiger partial charge in [-0.25, -0.2) is 4.79 Å². The monoisotopic (exact) mass is 303 g/mol. The van der Waals surface area contributed by atoms with Gasteiger partial charge in [0.05, 0.1) is 5.60 Å². The van der Waals surface area contributed by atoms with E-state index < -0.39 is 17.7 Å². The summed E-state index contributed by atoms with van der Waals surface area (Å²) < 4.78 is 6.24. The Balaban J connectivity index is 1.92. The summed E-state index contributed by atoms with van der Waals surface area (Å²) in [6, 6.07) is 7.47. The van der Waals surface area contributed by atoms with Gasteiger partial charge in [-0.15, -0.1) is 0 Å². The number of fused-ring (bicyclic) bond motifs is 2. The van der Waals surface area contributed by atoms with Gasteiger partial charge in [0, 0.05) is 27.2 Å². The van der Waals surface area contributed by atoms with Crippen molar-refractivity contribution in [3.8, 4) is 0 Å². The smallest absolute Gasteiger partial charge is 0.314 e. The lowest BCUT2D eigenvalue weighted by atomic mass is 9.83. The highest BCUT2D eigenvalue weighted by atomic mass is 16.5. The highest BCUT2D eigenvalue weighted by molar-refractivity contribution is 5.83. The molecule has 3 amide bonds. The van der Waals surface area contributed by atoms with E-state index in [1.807, 2.05) is 24.3 Å². The summed E-state index contributed by atoms with van der Waals surface area (Å²) in [7, 11) is 3.46. The zero-order valence-electron chi connectivity index (χ0n) is 12.9. The lowest BCUT2D eigenvalue weighted by Crippen LogP contribution is -2.47. The molecular weight excluding hydrogens is 282 g/mol. The molecule has 1 fully saturated rings. The van der Waals surface area contributed by atoms with Crippen LogP contribution in [0.1, 0.15) is 30.1 Å². The molecule has 2 heterocycles. The molecule has 2 N–H and O–H groups in total. The van der Waals surface area contributed by atoms with Crippen molar-refractivity contribution in [3.63, 3.8) is 0 Å². The molecule has 1 spiro atoms. The van der Waals surface area contributed by atoms with Crippen LogP contribution in [-0.2, 0) is 15.1 Å². The lowest BCUT2D eigenvalue weighted by molar-refractivity contribution is -0.157. The standard InChI is InChI=1S/C16H21N3O3/c1-18(2)14(20)13-11-5-3-4-6-12(11)16(22-13)7-9-19(10-8-16)15(17)21/h3-6,13H,7-10H2,1-2H3,(H2,17,21). The van der Waals surface area contributed by atoms with Gasteiger partial charge in [0.2, 0.25) is 0 Å². The second-order valence-corrected chi connectivity index (χ2v) is 6.14. The van der Waals surface area contributed by atoms with Gasteiger partial charge in [-0.3, -0.25) is 4.79 Å². The van der Waals surface area contributed by atoms with Crippen molar-refractivity contribution in [2.24, 2.45) is 5.73 Å². The van der Waals surface area contributed by atoms with Crippen molar-refractivity contribution in [3.05, 3.63) is 35.4 Å². The van der Waals surface area contributed by atoms with Crippen LogP contribution in [0.4, 0.5) is 4.79 Å². The molecule has 118 valence electrons. The number of carbonyl (C=O) groups excluding carboxylic acids is 2. The maximum atomic E-state index is 12.4. The summed E-state index contributed by atoms with van der Waals surface area (Å²) in [6.07, 6.45) is 0.750. The molecule has 1 atom stereocenters. The Kier molecular flexibility index (Phi) is 3.56. The van der Waals surface area contributed by atoms with Crippen LogP contribution in [0.15, 0.2) is 24.3 Å². The average molecular weight is 303 g/mol. The number of hydrogen-bond acceptors (Lipinski definition) is 3. The molecule has 1 aromatic rings. The summed E-state index contributed by atoms with van der Waals surface area (Å²) in [4.78, 5) is 26.9. The van der Waals surface area contributed by atoms with Crippen molar-refractivity contribution in [1.82, 2.24) is 9.80 Å². The molecule has 0 radical (unpaired) electrons. The molecule has 0 aromatic heterocycles. The predicted molar refractivity (Wildman–Crippen MR) is 81.0 cm³/mol. The third-order valence-electron chi connectivity index (χ3n) is 4.63.